The van der Waals surface area contributed by atoms with Crippen molar-refractivity contribution in [2.24, 2.45) is 5.92 Å². The molecule has 0 aromatic rings. The van der Waals surface area contributed by atoms with E-state index in [1.54, 1.807) is 0 Å². The van der Waals surface area contributed by atoms with Crippen LogP contribution in [0.15, 0.2) is 0 Å². The summed E-state index contributed by atoms with van der Waals surface area (Å²) < 4.78 is 0. The summed E-state index contributed by atoms with van der Waals surface area (Å²) in [5, 5.41) is 3.04. The van der Waals surface area contributed by atoms with E-state index >= 15 is 0 Å². The molecule has 0 amide bonds. The van der Waals surface area contributed by atoms with Crippen LogP contribution in [0.3, 0.4) is 0 Å². The van der Waals surface area contributed by atoms with Gasteiger partial charge in [-0.3, -0.25) is 0 Å². The normalized spacial score (nSPS) is 13.1. The second kappa shape index (κ2) is 5.76. The topological polar surface area (TPSA) is 29.1 Å². The maximum atomic E-state index is 10.0. The predicted octanol–water partition coefficient (Wildman–Crippen LogP) is 0.821. The Labute approximate surface area is 56.6 Å². The van der Waals surface area contributed by atoms with Gasteiger partial charge in [0.2, 0.25) is 0 Å². The van der Waals surface area contributed by atoms with Gasteiger partial charge in [-0.15, -0.1) is 0 Å². The van der Waals surface area contributed by atoms with E-state index in [1.165, 1.54) is 0 Å². The highest BCUT2D eigenvalue weighted by molar-refractivity contribution is 5.49. The van der Waals surface area contributed by atoms with Crippen molar-refractivity contribution in [3.8, 4) is 0 Å². The molecule has 0 aliphatic carbocycles. The molecule has 0 aromatic carbocycles. The second-order valence-corrected chi connectivity index (χ2v) is 2.23. The molecule has 1 unspecified atom stereocenters. The van der Waals surface area contributed by atoms with Crippen LogP contribution < -0.4 is 5.32 Å². The highest BCUT2D eigenvalue weighted by Crippen LogP contribution is 2.02. The lowest BCUT2D eigenvalue weighted by atomic mass is 10.0. The summed E-state index contributed by atoms with van der Waals surface area (Å²) in [6, 6.07) is 0. The van der Waals surface area contributed by atoms with Gasteiger partial charge in [-0.2, -0.15) is 0 Å². The molecular formula is C7H15NO. The van der Waals surface area contributed by atoms with Gasteiger partial charge in [0.25, 0.3) is 0 Å². The average Bonchev–Trinajstić information content (AvgIpc) is 1.88. The van der Waals surface area contributed by atoms with Crippen LogP contribution >= 0.6 is 0 Å². The highest BCUT2D eigenvalue weighted by Gasteiger charge is 2.01. The van der Waals surface area contributed by atoms with Gasteiger partial charge in [0.05, 0.1) is 0 Å². The minimum Gasteiger partial charge on any atom is -0.319 e. The van der Waals surface area contributed by atoms with E-state index in [1.807, 2.05) is 7.05 Å². The van der Waals surface area contributed by atoms with Gasteiger partial charge >= 0.3 is 0 Å². The van der Waals surface area contributed by atoms with Gasteiger partial charge in [-0.1, -0.05) is 13.3 Å². The summed E-state index contributed by atoms with van der Waals surface area (Å²) in [5.74, 6) is 0.535. The van der Waals surface area contributed by atoms with Crippen LogP contribution in [0.4, 0.5) is 0 Å². The third kappa shape index (κ3) is 4.15. The van der Waals surface area contributed by atoms with E-state index in [0.717, 1.165) is 19.3 Å². The number of carbonyl (C=O) groups excluding carboxylic acids is 1. The molecule has 2 heteroatoms. The van der Waals surface area contributed by atoms with E-state index in [-0.39, 0.29) is 0 Å². The quantitative estimate of drug-likeness (QED) is 0.557. The first-order valence-corrected chi connectivity index (χ1v) is 3.43. The van der Waals surface area contributed by atoms with Crippen LogP contribution in [0.2, 0.25) is 0 Å². The molecule has 9 heavy (non-hydrogen) atoms. The van der Waals surface area contributed by atoms with Gasteiger partial charge in [-0.25, -0.2) is 0 Å². The second-order valence-electron chi connectivity index (χ2n) is 2.23. The zero-order chi connectivity index (χ0) is 7.11. The minimum absolute atomic E-state index is 0.535. The lowest BCUT2D eigenvalue weighted by molar-refractivity contribution is -0.108. The van der Waals surface area contributed by atoms with Gasteiger partial charge in [0.15, 0.2) is 0 Å². The summed E-state index contributed by atoms with van der Waals surface area (Å²) in [6.45, 7) is 3.06. The summed E-state index contributed by atoms with van der Waals surface area (Å²) in [7, 11) is 1.91. The van der Waals surface area contributed by atoms with Crippen LogP contribution in [-0.2, 0) is 4.79 Å². The predicted molar refractivity (Wildman–Crippen MR) is 38.4 cm³/mol. The Balaban J connectivity index is 3.28. The Hall–Kier alpha value is -0.370. The fourth-order valence-corrected chi connectivity index (χ4v) is 0.819. The summed E-state index contributed by atoms with van der Waals surface area (Å²) in [4.78, 5) is 10.0. The maximum absolute atomic E-state index is 10.0. The number of nitrogens with one attached hydrogen (secondary N) is 1. The first-order valence-electron chi connectivity index (χ1n) is 3.43. The van der Waals surface area contributed by atoms with E-state index in [2.05, 4.69) is 12.2 Å². The SMILES string of the molecule is CCC(CC=O)CNC. The molecule has 0 aromatic heterocycles. The fourth-order valence-electron chi connectivity index (χ4n) is 0.819. The molecule has 0 aliphatic rings. The van der Waals surface area contributed by atoms with Gasteiger partial charge in [0, 0.05) is 6.42 Å². The highest BCUT2D eigenvalue weighted by atomic mass is 16.1. The third-order valence-electron chi connectivity index (χ3n) is 1.50. The largest absolute Gasteiger partial charge is 0.319 e. The Morgan fingerprint density at radius 3 is 2.67 bits per heavy atom. The molecule has 0 radical (unpaired) electrons. The number of carbonyl (C=O) groups is 1. The van der Waals surface area contributed by atoms with Crippen molar-refractivity contribution in [3.05, 3.63) is 0 Å². The molecule has 0 aliphatic heterocycles. The van der Waals surface area contributed by atoms with E-state index in [4.69, 9.17) is 0 Å². The Morgan fingerprint density at radius 2 is 2.33 bits per heavy atom. The first-order chi connectivity index (χ1) is 4.35. The Bertz CT molecular complexity index is 73.3. The van der Waals surface area contributed by atoms with Crippen molar-refractivity contribution >= 4 is 6.29 Å². The minimum atomic E-state index is 0.535. The van der Waals surface area contributed by atoms with Crippen molar-refractivity contribution in [1.29, 1.82) is 0 Å². The zero-order valence-corrected chi connectivity index (χ0v) is 6.18. The van der Waals surface area contributed by atoms with Crippen molar-refractivity contribution in [2.45, 2.75) is 19.8 Å². The molecular weight excluding hydrogens is 114 g/mol. The van der Waals surface area contributed by atoms with Crippen molar-refractivity contribution in [1.82, 2.24) is 5.32 Å². The number of hydrogen-bond acceptors (Lipinski definition) is 2. The van der Waals surface area contributed by atoms with Gasteiger partial charge in [0.1, 0.15) is 6.29 Å². The molecule has 0 heterocycles. The molecule has 1 atom stereocenters. The molecule has 0 saturated heterocycles. The summed E-state index contributed by atoms with van der Waals surface area (Å²) in [5.41, 5.74) is 0. The van der Waals surface area contributed by atoms with Crippen molar-refractivity contribution in [3.63, 3.8) is 0 Å². The lowest BCUT2D eigenvalue weighted by Crippen LogP contribution is -2.18. The molecule has 0 saturated carbocycles. The lowest BCUT2D eigenvalue weighted by Gasteiger charge is -2.08. The van der Waals surface area contributed by atoms with Gasteiger partial charge < -0.3 is 10.1 Å². The Morgan fingerprint density at radius 1 is 1.67 bits per heavy atom. The number of hydrogen-bond donors (Lipinski definition) is 1. The molecule has 54 valence electrons. The summed E-state index contributed by atoms with van der Waals surface area (Å²) >= 11 is 0. The first kappa shape index (κ1) is 8.63. The molecule has 0 rings (SSSR count). The van der Waals surface area contributed by atoms with Crippen LogP contribution in [0.5, 0.6) is 0 Å². The zero-order valence-electron chi connectivity index (χ0n) is 6.18. The number of rotatable bonds is 5. The monoisotopic (exact) mass is 129 g/mol. The van der Waals surface area contributed by atoms with E-state index in [0.29, 0.717) is 12.3 Å². The molecule has 2 nitrogen and oxygen atoms in total. The van der Waals surface area contributed by atoms with Gasteiger partial charge in [-0.05, 0) is 19.5 Å². The van der Waals surface area contributed by atoms with Crippen molar-refractivity contribution in [2.75, 3.05) is 13.6 Å². The average molecular weight is 129 g/mol. The van der Waals surface area contributed by atoms with Crippen molar-refractivity contribution < 1.29 is 4.79 Å². The summed E-state index contributed by atoms with van der Waals surface area (Å²) in [6.07, 6.45) is 2.77. The van der Waals surface area contributed by atoms with Crippen LogP contribution in [0.1, 0.15) is 19.8 Å². The molecule has 0 bridgehead atoms. The van der Waals surface area contributed by atoms with E-state index < -0.39 is 0 Å². The maximum Gasteiger partial charge on any atom is 0.120 e. The van der Waals surface area contributed by atoms with Crippen LogP contribution in [-0.4, -0.2) is 19.9 Å². The molecule has 0 spiro atoms. The molecule has 0 fully saturated rings. The smallest absolute Gasteiger partial charge is 0.120 e. The number of aldehydes is 1. The van der Waals surface area contributed by atoms with Crippen LogP contribution in [0.25, 0.3) is 0 Å². The standard InChI is InChI=1S/C7H15NO/c1-3-7(4-5-9)6-8-2/h5,7-8H,3-4,6H2,1-2H3. The van der Waals surface area contributed by atoms with Crippen LogP contribution in [0, 0.1) is 5.92 Å². The fraction of sp³-hybridized carbons (Fsp3) is 0.857. The Kier molecular flexibility index (Phi) is 5.52. The van der Waals surface area contributed by atoms with E-state index in [9.17, 15) is 4.79 Å². The third-order valence-corrected chi connectivity index (χ3v) is 1.50. The molecule has 1 N–H and O–H groups in total.